The second-order valence-corrected chi connectivity index (χ2v) is 6.77. The zero-order chi connectivity index (χ0) is 18.7. The lowest BCUT2D eigenvalue weighted by Crippen LogP contribution is -2.26. The third-order valence-corrected chi connectivity index (χ3v) is 4.96. The second kappa shape index (κ2) is 5.13. The third kappa shape index (κ3) is 2.16. The molecule has 5 nitrogen and oxygen atoms in total. The topological polar surface area (TPSA) is 70.7 Å². The summed E-state index contributed by atoms with van der Waals surface area (Å²) in [6.07, 6.45) is 3.72. The minimum atomic E-state index is -2.81. The zero-order valence-electron chi connectivity index (χ0n) is 15.7. The number of nitrogens with zero attached hydrogens (tertiary/aromatic N) is 3. The molecule has 0 spiro atoms. The first-order valence-electron chi connectivity index (χ1n) is 9.03. The summed E-state index contributed by atoms with van der Waals surface area (Å²) in [5, 5.41) is 29.0. The van der Waals surface area contributed by atoms with Crippen LogP contribution in [-0.4, -0.2) is 31.4 Å². The van der Waals surface area contributed by atoms with Crippen LogP contribution in [0.3, 0.4) is 0 Å². The highest BCUT2D eigenvalue weighted by atomic mass is 16.4. The molecular weight excluding hydrogens is 303 g/mol. The Morgan fingerprint density at radius 2 is 1.96 bits per heavy atom. The normalized spacial score (nSPS) is 20.3. The second-order valence-electron chi connectivity index (χ2n) is 6.77. The summed E-state index contributed by atoms with van der Waals surface area (Å²) in [6, 6.07) is 11.6. The Morgan fingerprint density at radius 3 is 2.58 bits per heavy atom. The molecule has 0 bridgehead atoms. The van der Waals surface area contributed by atoms with Crippen LogP contribution in [0.2, 0.25) is 0 Å². The van der Waals surface area contributed by atoms with E-state index in [4.69, 9.17) is 2.74 Å². The fourth-order valence-electron chi connectivity index (χ4n) is 3.32. The van der Waals surface area contributed by atoms with Gasteiger partial charge in [0.25, 0.3) is 0 Å². The van der Waals surface area contributed by atoms with E-state index in [0.29, 0.717) is 5.65 Å². The molecule has 1 aromatic carbocycles. The molecule has 0 amide bonds. The van der Waals surface area contributed by atoms with E-state index in [1.165, 1.54) is 18.1 Å². The van der Waals surface area contributed by atoms with Gasteiger partial charge in [0.05, 0.1) is 14.7 Å². The molecule has 5 heteroatoms. The van der Waals surface area contributed by atoms with Crippen molar-refractivity contribution in [1.29, 1.82) is 0 Å². The largest absolute Gasteiger partial charge is 0.393 e. The lowest BCUT2D eigenvalue weighted by atomic mass is 9.94. The molecule has 1 saturated carbocycles. The number of aryl methyl sites for hydroxylation is 1. The van der Waals surface area contributed by atoms with Crippen LogP contribution >= 0.6 is 0 Å². The molecule has 2 heterocycles. The van der Waals surface area contributed by atoms with E-state index in [2.05, 4.69) is 34.5 Å². The minimum absolute atomic E-state index is 0.200. The van der Waals surface area contributed by atoms with Gasteiger partial charge in [-0.05, 0) is 38.3 Å². The predicted molar refractivity (Wildman–Crippen MR) is 90.8 cm³/mol. The van der Waals surface area contributed by atoms with Crippen molar-refractivity contribution >= 4 is 5.65 Å². The predicted octanol–water partition coefficient (Wildman–Crippen LogP) is 2.32. The molecule has 0 aliphatic heterocycles. The van der Waals surface area contributed by atoms with Crippen molar-refractivity contribution in [3.8, 4) is 0 Å². The van der Waals surface area contributed by atoms with Gasteiger partial charge in [-0.1, -0.05) is 35.9 Å². The Morgan fingerprint density at radius 1 is 1.25 bits per heavy atom. The van der Waals surface area contributed by atoms with Crippen molar-refractivity contribution in [2.24, 2.45) is 0 Å². The van der Waals surface area contributed by atoms with Crippen molar-refractivity contribution in [3.05, 3.63) is 65.1 Å². The lowest BCUT2D eigenvalue weighted by molar-refractivity contribution is -0.00148. The van der Waals surface area contributed by atoms with Gasteiger partial charge >= 0.3 is 0 Å². The molecule has 0 radical (unpaired) electrons. The number of pyridine rings is 1. The molecule has 2 N–H and O–H groups in total. The first-order chi connectivity index (χ1) is 12.2. The van der Waals surface area contributed by atoms with Gasteiger partial charge in [0, 0.05) is 11.8 Å². The van der Waals surface area contributed by atoms with E-state index in [1.807, 2.05) is 13.1 Å². The molecule has 3 aromatic rings. The SMILES string of the molecule is [2H][13C]([2H])(O)C(C)(O)c1cccn2c(C3(c4ccc(C)cc4)CC3)nnc12. The van der Waals surface area contributed by atoms with Gasteiger partial charge in [0.2, 0.25) is 0 Å². The van der Waals surface area contributed by atoms with Crippen molar-refractivity contribution in [2.75, 3.05) is 6.56 Å². The van der Waals surface area contributed by atoms with E-state index in [1.54, 1.807) is 16.5 Å². The number of benzene rings is 1. The fourth-order valence-corrected chi connectivity index (χ4v) is 3.32. The quantitative estimate of drug-likeness (QED) is 0.722. The first kappa shape index (κ1) is 13.1. The highest BCUT2D eigenvalue weighted by Gasteiger charge is 2.49. The number of fused-ring (bicyclic) bond motifs is 1. The third-order valence-electron chi connectivity index (χ3n) is 4.96. The Bertz CT molecular complexity index is 971. The molecular formula is C19H21N3O2. The summed E-state index contributed by atoms with van der Waals surface area (Å²) in [7, 11) is 0. The summed E-state index contributed by atoms with van der Waals surface area (Å²) < 4.78 is 16.9. The summed E-state index contributed by atoms with van der Waals surface area (Å²) >= 11 is 0. The van der Waals surface area contributed by atoms with Crippen molar-refractivity contribution in [2.45, 2.75) is 37.7 Å². The van der Waals surface area contributed by atoms with Gasteiger partial charge in [-0.3, -0.25) is 4.40 Å². The fraction of sp³-hybridized carbons (Fsp3) is 0.368. The van der Waals surface area contributed by atoms with Crippen LogP contribution < -0.4 is 0 Å². The van der Waals surface area contributed by atoms with Gasteiger partial charge in [-0.2, -0.15) is 0 Å². The highest BCUT2D eigenvalue weighted by molar-refractivity contribution is 5.53. The summed E-state index contributed by atoms with van der Waals surface area (Å²) in [4.78, 5) is 0. The molecule has 1 aliphatic rings. The number of aromatic nitrogens is 3. The van der Waals surface area contributed by atoms with Crippen LogP contribution in [0.15, 0.2) is 42.6 Å². The van der Waals surface area contributed by atoms with E-state index in [-0.39, 0.29) is 11.0 Å². The van der Waals surface area contributed by atoms with Crippen molar-refractivity contribution < 1.29 is 13.0 Å². The summed E-state index contributed by atoms with van der Waals surface area (Å²) in [6.45, 7) is 0.478. The Hall–Kier alpha value is -2.24. The van der Waals surface area contributed by atoms with Gasteiger partial charge in [-0.15, -0.1) is 10.2 Å². The number of hydrogen-bond acceptors (Lipinski definition) is 4. The van der Waals surface area contributed by atoms with Crippen molar-refractivity contribution in [3.63, 3.8) is 0 Å². The van der Waals surface area contributed by atoms with Gasteiger partial charge in [-0.25, -0.2) is 0 Å². The summed E-state index contributed by atoms with van der Waals surface area (Å²) in [5.41, 5.74) is 0.594. The smallest absolute Gasteiger partial charge is 0.167 e. The first-order valence-corrected chi connectivity index (χ1v) is 8.03. The van der Waals surface area contributed by atoms with Gasteiger partial charge in [0.15, 0.2) is 5.65 Å². The lowest BCUT2D eigenvalue weighted by Gasteiger charge is -2.21. The zero-order valence-corrected chi connectivity index (χ0v) is 13.7. The molecule has 124 valence electrons. The standard InChI is InChI=1S/C19H21N3O2/c1-13-5-7-14(8-6-13)19(9-10-19)17-21-20-16-15(18(2,24)12-23)4-3-11-22(16)17/h3-8,11,23-24H,9-10,12H2,1-2H3/i12+1D2. The molecule has 0 saturated heterocycles. The van der Waals surface area contributed by atoms with E-state index in [9.17, 15) is 10.2 Å². The van der Waals surface area contributed by atoms with Crippen LogP contribution in [0, 0.1) is 6.92 Å². The van der Waals surface area contributed by atoms with E-state index < -0.39 is 12.2 Å². The molecule has 1 unspecified atom stereocenters. The highest BCUT2D eigenvalue weighted by Crippen LogP contribution is 2.52. The molecule has 1 fully saturated rings. The van der Waals surface area contributed by atoms with Crippen LogP contribution in [0.4, 0.5) is 0 Å². The summed E-state index contributed by atoms with van der Waals surface area (Å²) in [5.74, 6) is 0.771. The average molecular weight is 326 g/mol. The van der Waals surface area contributed by atoms with Crippen LogP contribution in [0.5, 0.6) is 0 Å². The van der Waals surface area contributed by atoms with E-state index >= 15 is 0 Å². The van der Waals surface area contributed by atoms with Crippen LogP contribution in [0.1, 0.15) is 45.0 Å². The van der Waals surface area contributed by atoms with E-state index in [0.717, 1.165) is 18.7 Å². The number of aliphatic hydroxyl groups is 2. The molecule has 4 rings (SSSR count). The van der Waals surface area contributed by atoms with Crippen molar-refractivity contribution in [1.82, 2.24) is 14.6 Å². The van der Waals surface area contributed by atoms with Gasteiger partial charge < -0.3 is 10.2 Å². The average Bonchev–Trinajstić information content (AvgIpc) is 3.26. The minimum Gasteiger partial charge on any atom is -0.393 e. The Labute approximate surface area is 143 Å². The van der Waals surface area contributed by atoms with Crippen LogP contribution in [-0.2, 0) is 11.0 Å². The maximum Gasteiger partial charge on any atom is 0.167 e. The molecule has 2 aromatic heterocycles. The molecule has 1 aliphatic carbocycles. The Balaban J connectivity index is 1.87. The molecule has 1 atom stereocenters. The van der Waals surface area contributed by atoms with Crippen LogP contribution in [0.25, 0.3) is 5.65 Å². The monoisotopic (exact) mass is 326 g/mol. The van der Waals surface area contributed by atoms with Gasteiger partial charge in [0.1, 0.15) is 11.4 Å². The number of rotatable bonds is 4. The maximum absolute atomic E-state index is 10.6. The molecule has 24 heavy (non-hydrogen) atoms. The number of hydrogen-bond donors (Lipinski definition) is 2. The Kier molecular flexibility index (Phi) is 2.80. The maximum atomic E-state index is 10.6.